The Kier molecular flexibility index (Phi) is 3.32. The van der Waals surface area contributed by atoms with Crippen LogP contribution in [0.4, 0.5) is 0 Å². The Bertz CT molecular complexity index is 793. The van der Waals surface area contributed by atoms with Gasteiger partial charge < -0.3 is 9.30 Å². The molecule has 2 nitrogen and oxygen atoms in total. The van der Waals surface area contributed by atoms with Gasteiger partial charge in [-0.3, -0.25) is 0 Å². The van der Waals surface area contributed by atoms with Gasteiger partial charge in [0.2, 0.25) is 0 Å². The van der Waals surface area contributed by atoms with Gasteiger partial charge in [0.1, 0.15) is 6.10 Å². The highest BCUT2D eigenvalue weighted by Crippen LogP contribution is 2.31. The van der Waals surface area contributed by atoms with E-state index in [1.165, 1.54) is 22.0 Å². The molecule has 3 aromatic rings. The summed E-state index contributed by atoms with van der Waals surface area (Å²) >= 11 is 3.62. The summed E-state index contributed by atoms with van der Waals surface area (Å²) in [5.41, 5.74) is 4.00. The molecule has 2 heterocycles. The molecule has 1 aliphatic heterocycles. The summed E-state index contributed by atoms with van der Waals surface area (Å²) in [7, 11) is 0. The molecule has 1 aliphatic rings. The maximum absolute atomic E-state index is 6.02. The van der Waals surface area contributed by atoms with Crippen LogP contribution in [0.5, 0.6) is 0 Å². The first-order chi connectivity index (χ1) is 10.3. The Morgan fingerprint density at radius 3 is 2.95 bits per heavy atom. The van der Waals surface area contributed by atoms with E-state index in [2.05, 4.69) is 75.2 Å². The van der Waals surface area contributed by atoms with Gasteiger partial charge in [-0.2, -0.15) is 0 Å². The highest BCUT2D eigenvalue weighted by molar-refractivity contribution is 9.10. The lowest BCUT2D eigenvalue weighted by atomic mass is 9.97. The summed E-state index contributed by atoms with van der Waals surface area (Å²) in [6, 6.07) is 17.1. The van der Waals surface area contributed by atoms with Crippen LogP contribution in [0.2, 0.25) is 0 Å². The third kappa shape index (κ3) is 2.30. The summed E-state index contributed by atoms with van der Waals surface area (Å²) in [5, 5.41) is 1.25. The Balaban J connectivity index is 1.71. The molecular weight excluding hydrogens is 326 g/mol. The van der Waals surface area contributed by atoms with Gasteiger partial charge in [-0.1, -0.05) is 46.3 Å². The topological polar surface area (TPSA) is 14.2 Å². The summed E-state index contributed by atoms with van der Waals surface area (Å²) in [6.07, 6.45) is 3.31. The highest BCUT2D eigenvalue weighted by atomic mass is 79.9. The van der Waals surface area contributed by atoms with Crippen molar-refractivity contribution in [2.45, 2.75) is 19.1 Å². The maximum Gasteiger partial charge on any atom is 0.101 e. The van der Waals surface area contributed by atoms with Crippen LogP contribution in [0.25, 0.3) is 10.9 Å². The van der Waals surface area contributed by atoms with E-state index in [1.807, 2.05) is 0 Å². The molecule has 1 atom stereocenters. The minimum Gasteiger partial charge on any atom is -0.371 e. The summed E-state index contributed by atoms with van der Waals surface area (Å²) in [6.45, 7) is 1.67. The molecule has 106 valence electrons. The van der Waals surface area contributed by atoms with E-state index in [0.29, 0.717) is 0 Å². The van der Waals surface area contributed by atoms with Gasteiger partial charge in [0, 0.05) is 21.6 Å². The number of hydrogen-bond donors (Lipinski definition) is 0. The molecule has 0 spiro atoms. The van der Waals surface area contributed by atoms with Gasteiger partial charge in [-0.05, 0) is 35.7 Å². The molecule has 0 saturated carbocycles. The van der Waals surface area contributed by atoms with E-state index in [4.69, 9.17) is 4.74 Å². The number of benzene rings is 2. The van der Waals surface area contributed by atoms with Crippen molar-refractivity contribution in [3.05, 3.63) is 70.3 Å². The van der Waals surface area contributed by atoms with Crippen molar-refractivity contribution in [3.63, 3.8) is 0 Å². The Hall–Kier alpha value is -1.58. The second-order valence-corrected chi connectivity index (χ2v) is 6.30. The summed E-state index contributed by atoms with van der Waals surface area (Å²) in [5.74, 6) is 0. The third-order valence-corrected chi connectivity index (χ3v) is 4.91. The number of fused-ring (bicyclic) bond motifs is 2. The van der Waals surface area contributed by atoms with Crippen molar-refractivity contribution in [2.24, 2.45) is 0 Å². The van der Waals surface area contributed by atoms with Crippen molar-refractivity contribution >= 4 is 26.8 Å². The van der Waals surface area contributed by atoms with Crippen LogP contribution in [0.1, 0.15) is 17.2 Å². The molecule has 0 radical (unpaired) electrons. The minimum atomic E-state index is 0.143. The Labute approximate surface area is 132 Å². The van der Waals surface area contributed by atoms with E-state index in [9.17, 15) is 0 Å². The highest BCUT2D eigenvalue weighted by Gasteiger charge is 2.21. The van der Waals surface area contributed by atoms with E-state index in [1.54, 1.807) is 0 Å². The van der Waals surface area contributed by atoms with Gasteiger partial charge in [-0.15, -0.1) is 0 Å². The average Bonchev–Trinajstić information content (AvgIpc) is 2.92. The molecule has 1 unspecified atom stereocenters. The summed E-state index contributed by atoms with van der Waals surface area (Å²) in [4.78, 5) is 0. The lowest BCUT2D eigenvalue weighted by Gasteiger charge is -2.26. The van der Waals surface area contributed by atoms with Gasteiger partial charge in [0.05, 0.1) is 13.2 Å². The number of ether oxygens (including phenoxy) is 1. The quantitative estimate of drug-likeness (QED) is 0.657. The lowest BCUT2D eigenvalue weighted by Crippen LogP contribution is -2.20. The fraction of sp³-hybridized carbons (Fsp3) is 0.222. The van der Waals surface area contributed by atoms with Crippen LogP contribution in [-0.2, 0) is 17.7 Å². The molecule has 0 saturated heterocycles. The standard InChI is InChI=1S/C18H16BrNO/c19-16-6-3-7-17-15(16)8-10-20(17)12-18-14-5-2-1-4-13(14)9-11-21-18/h1-8,10,18H,9,11-12H2. The van der Waals surface area contributed by atoms with Crippen LogP contribution < -0.4 is 0 Å². The zero-order valence-electron chi connectivity index (χ0n) is 11.6. The summed E-state index contributed by atoms with van der Waals surface area (Å²) < 4.78 is 9.45. The van der Waals surface area contributed by atoms with Gasteiger partial charge >= 0.3 is 0 Å². The number of aromatic nitrogens is 1. The number of rotatable bonds is 2. The lowest BCUT2D eigenvalue weighted by molar-refractivity contribution is 0.0314. The zero-order chi connectivity index (χ0) is 14.2. The fourth-order valence-electron chi connectivity index (χ4n) is 3.15. The van der Waals surface area contributed by atoms with Crippen molar-refractivity contribution in [1.29, 1.82) is 0 Å². The van der Waals surface area contributed by atoms with Gasteiger partial charge in [-0.25, -0.2) is 0 Å². The predicted molar refractivity (Wildman–Crippen MR) is 88.5 cm³/mol. The SMILES string of the molecule is Brc1cccc2c1ccn2CC1OCCc2ccccc21. The number of halogens is 1. The number of hydrogen-bond acceptors (Lipinski definition) is 1. The molecule has 2 aromatic carbocycles. The first-order valence-electron chi connectivity index (χ1n) is 7.26. The normalized spacial score (nSPS) is 17.9. The zero-order valence-corrected chi connectivity index (χ0v) is 13.2. The van der Waals surface area contributed by atoms with Crippen molar-refractivity contribution in [2.75, 3.05) is 6.61 Å². The largest absolute Gasteiger partial charge is 0.371 e. The second kappa shape index (κ2) is 5.32. The van der Waals surface area contributed by atoms with Crippen LogP contribution in [0, 0.1) is 0 Å². The molecule has 0 N–H and O–H groups in total. The van der Waals surface area contributed by atoms with Crippen LogP contribution in [0.3, 0.4) is 0 Å². The monoisotopic (exact) mass is 341 g/mol. The van der Waals surface area contributed by atoms with Crippen molar-refractivity contribution < 1.29 is 4.74 Å². The Morgan fingerprint density at radius 2 is 2.00 bits per heavy atom. The molecule has 0 bridgehead atoms. The average molecular weight is 342 g/mol. The fourth-order valence-corrected chi connectivity index (χ4v) is 3.64. The van der Waals surface area contributed by atoms with E-state index >= 15 is 0 Å². The van der Waals surface area contributed by atoms with Crippen LogP contribution >= 0.6 is 15.9 Å². The second-order valence-electron chi connectivity index (χ2n) is 5.45. The van der Waals surface area contributed by atoms with Crippen LogP contribution in [-0.4, -0.2) is 11.2 Å². The van der Waals surface area contributed by atoms with Crippen molar-refractivity contribution in [3.8, 4) is 0 Å². The Morgan fingerprint density at radius 1 is 1.10 bits per heavy atom. The van der Waals surface area contributed by atoms with E-state index in [-0.39, 0.29) is 6.10 Å². The minimum absolute atomic E-state index is 0.143. The maximum atomic E-state index is 6.02. The predicted octanol–water partition coefficient (Wildman–Crippen LogP) is 4.72. The molecule has 21 heavy (non-hydrogen) atoms. The first-order valence-corrected chi connectivity index (χ1v) is 8.05. The van der Waals surface area contributed by atoms with E-state index in [0.717, 1.165) is 24.0 Å². The molecule has 0 fully saturated rings. The van der Waals surface area contributed by atoms with Crippen LogP contribution in [0.15, 0.2) is 59.2 Å². The molecular formula is C18H16BrNO. The molecule has 0 amide bonds. The first kappa shape index (κ1) is 13.1. The third-order valence-electron chi connectivity index (χ3n) is 4.22. The smallest absolute Gasteiger partial charge is 0.101 e. The molecule has 0 aliphatic carbocycles. The van der Waals surface area contributed by atoms with Crippen molar-refractivity contribution in [1.82, 2.24) is 4.57 Å². The molecule has 3 heteroatoms. The number of nitrogens with zero attached hydrogens (tertiary/aromatic N) is 1. The van der Waals surface area contributed by atoms with E-state index < -0.39 is 0 Å². The van der Waals surface area contributed by atoms with Gasteiger partial charge in [0.15, 0.2) is 0 Å². The molecule has 1 aromatic heterocycles. The van der Waals surface area contributed by atoms with Gasteiger partial charge in [0.25, 0.3) is 0 Å². The molecule has 4 rings (SSSR count).